The Morgan fingerprint density at radius 3 is 2.38 bits per heavy atom. The van der Waals surface area contributed by atoms with Gasteiger partial charge in [-0.05, 0) is 65.1 Å². The Kier molecular flexibility index (Phi) is 6.40. The number of benzene rings is 3. The molecule has 0 fully saturated rings. The van der Waals surface area contributed by atoms with Crippen LogP contribution in [0, 0.1) is 3.57 Å². The number of hydrogen-bond donors (Lipinski definition) is 4. The summed E-state index contributed by atoms with van der Waals surface area (Å²) in [6.45, 7) is 0. The van der Waals surface area contributed by atoms with Crippen molar-refractivity contribution in [3.8, 4) is 11.5 Å². The number of amides is 3. The molecule has 0 unspecified atom stereocenters. The van der Waals surface area contributed by atoms with Gasteiger partial charge in [-0.1, -0.05) is 12.1 Å². The highest BCUT2D eigenvalue weighted by molar-refractivity contribution is 14.1. The molecule has 1 heterocycles. The van der Waals surface area contributed by atoms with E-state index in [0.717, 1.165) is 3.57 Å². The zero-order chi connectivity index (χ0) is 22.5. The van der Waals surface area contributed by atoms with Crippen LogP contribution in [-0.2, 0) is 4.74 Å². The van der Waals surface area contributed by atoms with Crippen molar-refractivity contribution in [1.29, 1.82) is 0 Å². The number of fused-ring (bicyclic) bond motifs is 1. The van der Waals surface area contributed by atoms with Crippen molar-refractivity contribution in [2.45, 2.75) is 0 Å². The number of ether oxygens (including phenoxy) is 2. The van der Waals surface area contributed by atoms with Crippen LogP contribution in [0.4, 0.5) is 26.9 Å². The maximum Gasteiger partial charge on any atom is 0.413 e. The van der Waals surface area contributed by atoms with E-state index >= 15 is 0 Å². The predicted molar refractivity (Wildman–Crippen MR) is 130 cm³/mol. The smallest absolute Gasteiger partial charge is 0.413 e. The molecule has 0 saturated heterocycles. The largest absolute Gasteiger partial charge is 0.457 e. The van der Waals surface area contributed by atoms with E-state index in [1.807, 2.05) is 24.3 Å². The number of H-pyrrole nitrogens is 1. The summed E-state index contributed by atoms with van der Waals surface area (Å²) in [5.41, 5.74) is 2.63. The first-order valence-electron chi connectivity index (χ1n) is 9.45. The fraction of sp³-hybridized carbons (Fsp3) is 0.0455. The molecule has 0 radical (unpaired) electrons. The van der Waals surface area contributed by atoms with Crippen LogP contribution in [0.25, 0.3) is 11.0 Å². The minimum Gasteiger partial charge on any atom is -0.457 e. The molecular weight excluding hydrogens is 525 g/mol. The van der Waals surface area contributed by atoms with Crippen LogP contribution in [0.2, 0.25) is 0 Å². The average Bonchev–Trinajstić information content (AvgIpc) is 3.15. The van der Waals surface area contributed by atoms with Gasteiger partial charge in [0.15, 0.2) is 0 Å². The summed E-state index contributed by atoms with van der Waals surface area (Å²) in [4.78, 5) is 30.9. The van der Waals surface area contributed by atoms with E-state index in [0.29, 0.717) is 33.9 Å². The molecule has 4 aromatic rings. The van der Waals surface area contributed by atoms with E-state index in [2.05, 4.69) is 53.2 Å². The van der Waals surface area contributed by atoms with Gasteiger partial charge >= 0.3 is 12.1 Å². The molecule has 9 nitrogen and oxygen atoms in total. The molecule has 162 valence electrons. The van der Waals surface area contributed by atoms with E-state index in [-0.39, 0.29) is 12.0 Å². The first kappa shape index (κ1) is 21.4. The van der Waals surface area contributed by atoms with Crippen molar-refractivity contribution in [2.75, 3.05) is 23.1 Å². The monoisotopic (exact) mass is 543 g/mol. The Bertz CT molecular complexity index is 1290. The van der Waals surface area contributed by atoms with Gasteiger partial charge in [0.2, 0.25) is 5.95 Å². The van der Waals surface area contributed by atoms with Crippen LogP contribution in [0.5, 0.6) is 11.5 Å². The van der Waals surface area contributed by atoms with Crippen LogP contribution < -0.4 is 20.7 Å². The molecule has 0 aliphatic carbocycles. The van der Waals surface area contributed by atoms with Crippen LogP contribution >= 0.6 is 22.6 Å². The number of hydrogen-bond acceptors (Lipinski definition) is 5. The van der Waals surface area contributed by atoms with Gasteiger partial charge in [-0.25, -0.2) is 14.6 Å². The highest BCUT2D eigenvalue weighted by Crippen LogP contribution is 2.27. The van der Waals surface area contributed by atoms with Crippen molar-refractivity contribution in [1.82, 2.24) is 9.97 Å². The number of imidazole rings is 1. The van der Waals surface area contributed by atoms with Crippen LogP contribution in [-0.4, -0.2) is 29.2 Å². The maximum atomic E-state index is 12.3. The number of carbonyl (C=O) groups is 2. The summed E-state index contributed by atoms with van der Waals surface area (Å²) in [6.07, 6.45) is -0.615. The maximum absolute atomic E-state index is 12.3. The van der Waals surface area contributed by atoms with E-state index in [1.54, 1.807) is 42.5 Å². The Balaban J connectivity index is 1.43. The molecule has 4 rings (SSSR count). The lowest BCUT2D eigenvalue weighted by atomic mass is 10.3. The molecule has 3 amide bonds. The summed E-state index contributed by atoms with van der Waals surface area (Å²) in [6, 6.07) is 19.5. The van der Waals surface area contributed by atoms with Crippen molar-refractivity contribution in [3.63, 3.8) is 0 Å². The summed E-state index contributed by atoms with van der Waals surface area (Å²) in [7, 11) is 1.28. The summed E-state index contributed by atoms with van der Waals surface area (Å²) >= 11 is 2.19. The van der Waals surface area contributed by atoms with Crippen molar-refractivity contribution < 1.29 is 19.1 Å². The summed E-state index contributed by atoms with van der Waals surface area (Å²) in [5.74, 6) is 1.38. The first-order valence-corrected chi connectivity index (χ1v) is 10.5. The molecule has 0 saturated carbocycles. The third-order valence-corrected chi connectivity index (χ3v) is 4.94. The normalized spacial score (nSPS) is 10.4. The predicted octanol–water partition coefficient (Wildman–Crippen LogP) is 5.78. The number of carbonyl (C=O) groups excluding carboxylic acids is 2. The van der Waals surface area contributed by atoms with Gasteiger partial charge in [-0.15, -0.1) is 0 Å². The van der Waals surface area contributed by atoms with Gasteiger partial charge in [0.25, 0.3) is 0 Å². The second kappa shape index (κ2) is 9.56. The lowest BCUT2D eigenvalue weighted by Crippen LogP contribution is -2.19. The molecule has 32 heavy (non-hydrogen) atoms. The lowest BCUT2D eigenvalue weighted by molar-refractivity contribution is 0.186. The average molecular weight is 543 g/mol. The molecule has 0 spiro atoms. The third kappa shape index (κ3) is 5.46. The zero-order valence-electron chi connectivity index (χ0n) is 16.8. The molecule has 0 bridgehead atoms. The number of rotatable bonds is 5. The van der Waals surface area contributed by atoms with E-state index in [9.17, 15) is 9.59 Å². The quantitative estimate of drug-likeness (QED) is 0.238. The molecule has 0 aliphatic heterocycles. The minimum absolute atomic E-state index is 0.273. The van der Waals surface area contributed by atoms with Crippen molar-refractivity contribution in [3.05, 3.63) is 70.3 Å². The Morgan fingerprint density at radius 1 is 0.906 bits per heavy atom. The Hall–Kier alpha value is -3.80. The molecular formula is C22H18IN5O4. The van der Waals surface area contributed by atoms with Crippen molar-refractivity contribution in [2.24, 2.45) is 0 Å². The standard InChI is InChI=1S/C22H18IN5O4/c1-31-22(30)28-20-26-18-9-8-17(12-19(18)27-20)32-16-7-3-6-15(11-16)25-21(29)24-14-5-2-4-13(23)10-14/h2-12H,1H3,(H2,24,25,29)(H2,26,27,28,30). The lowest BCUT2D eigenvalue weighted by Gasteiger charge is -2.10. The second-order valence-electron chi connectivity index (χ2n) is 6.60. The van der Waals surface area contributed by atoms with Gasteiger partial charge in [-0.2, -0.15) is 0 Å². The molecule has 1 aromatic heterocycles. The minimum atomic E-state index is -0.615. The summed E-state index contributed by atoms with van der Waals surface area (Å²) < 4.78 is 11.5. The van der Waals surface area contributed by atoms with Crippen LogP contribution in [0.1, 0.15) is 0 Å². The number of aromatic amines is 1. The van der Waals surface area contributed by atoms with Crippen molar-refractivity contribution >= 4 is 63.1 Å². The number of anilines is 3. The van der Waals surface area contributed by atoms with E-state index in [1.165, 1.54) is 7.11 Å². The topological polar surface area (TPSA) is 117 Å². The number of nitrogens with one attached hydrogen (secondary N) is 4. The van der Waals surface area contributed by atoms with Crippen LogP contribution in [0.15, 0.2) is 66.7 Å². The second-order valence-corrected chi connectivity index (χ2v) is 7.85. The molecule has 4 N–H and O–H groups in total. The van der Waals surface area contributed by atoms with Gasteiger partial charge in [0, 0.05) is 27.1 Å². The number of methoxy groups -OCH3 is 1. The Labute approximate surface area is 196 Å². The molecule has 3 aromatic carbocycles. The van der Waals surface area contributed by atoms with E-state index < -0.39 is 6.09 Å². The summed E-state index contributed by atoms with van der Waals surface area (Å²) in [5, 5.41) is 8.07. The number of nitrogens with zero attached hydrogens (tertiary/aromatic N) is 1. The number of urea groups is 1. The molecule has 10 heteroatoms. The number of aromatic nitrogens is 2. The van der Waals surface area contributed by atoms with Gasteiger partial charge < -0.3 is 25.1 Å². The third-order valence-electron chi connectivity index (χ3n) is 4.27. The Morgan fingerprint density at radius 2 is 1.62 bits per heavy atom. The SMILES string of the molecule is COC(=O)Nc1nc2ccc(Oc3cccc(NC(=O)Nc4cccc(I)c4)c3)cc2[nH]1. The van der Waals surface area contributed by atoms with Gasteiger partial charge in [0.1, 0.15) is 11.5 Å². The van der Waals surface area contributed by atoms with E-state index in [4.69, 9.17) is 4.74 Å². The number of halogens is 1. The highest BCUT2D eigenvalue weighted by Gasteiger charge is 2.09. The first-order chi connectivity index (χ1) is 15.5. The van der Waals surface area contributed by atoms with Gasteiger partial charge in [0.05, 0.1) is 18.1 Å². The fourth-order valence-corrected chi connectivity index (χ4v) is 3.44. The fourth-order valence-electron chi connectivity index (χ4n) is 2.89. The van der Waals surface area contributed by atoms with Crippen LogP contribution in [0.3, 0.4) is 0 Å². The highest BCUT2D eigenvalue weighted by atomic mass is 127. The molecule has 0 aliphatic rings. The molecule has 0 atom stereocenters. The zero-order valence-corrected chi connectivity index (χ0v) is 19.0. The van der Waals surface area contributed by atoms with Gasteiger partial charge in [-0.3, -0.25) is 5.32 Å².